The van der Waals surface area contributed by atoms with Crippen molar-refractivity contribution in [2.45, 2.75) is 31.7 Å². The number of nitrogens with zero attached hydrogens (tertiary/aromatic N) is 1. The van der Waals surface area contributed by atoms with Crippen LogP contribution in [-0.2, 0) is 0 Å². The normalized spacial score (nSPS) is 22.4. The Morgan fingerprint density at radius 2 is 1.89 bits per heavy atom. The van der Waals surface area contributed by atoms with Crippen LogP contribution in [0.5, 0.6) is 5.75 Å². The van der Waals surface area contributed by atoms with Crippen molar-refractivity contribution in [3.63, 3.8) is 0 Å². The van der Waals surface area contributed by atoms with Crippen molar-refractivity contribution in [1.29, 1.82) is 0 Å². The Bertz CT molecular complexity index is 492. The lowest BCUT2D eigenvalue weighted by atomic mass is 10.0. The molecule has 0 saturated carbocycles. The van der Waals surface area contributed by atoms with Gasteiger partial charge in [-0.3, -0.25) is 0 Å². The molecular formula is C14H14F3NO. The van der Waals surface area contributed by atoms with Crippen molar-refractivity contribution in [2.75, 3.05) is 6.54 Å². The van der Waals surface area contributed by atoms with E-state index in [1.807, 2.05) is 0 Å². The predicted molar refractivity (Wildman–Crippen MR) is 64.5 cm³/mol. The van der Waals surface area contributed by atoms with Gasteiger partial charge >= 0.3 is 6.36 Å². The summed E-state index contributed by atoms with van der Waals surface area (Å²) in [5.74, 6) is -0.161. The maximum absolute atomic E-state index is 12.1. The molecule has 2 heterocycles. The number of rotatable bonds is 2. The second kappa shape index (κ2) is 4.47. The molecule has 0 radical (unpaired) electrons. The number of benzene rings is 1. The zero-order valence-corrected chi connectivity index (χ0v) is 10.3. The minimum atomic E-state index is -4.63. The third-order valence-corrected chi connectivity index (χ3v) is 3.67. The van der Waals surface area contributed by atoms with E-state index < -0.39 is 6.36 Å². The molecule has 0 amide bonds. The first-order valence-corrected chi connectivity index (χ1v) is 6.34. The highest BCUT2D eigenvalue weighted by Gasteiger charge is 2.32. The van der Waals surface area contributed by atoms with Gasteiger partial charge in [0.25, 0.3) is 0 Å². The summed E-state index contributed by atoms with van der Waals surface area (Å²) in [6.45, 7) is 1.01. The molecule has 0 aromatic heterocycles. The average molecular weight is 269 g/mol. The molecule has 1 saturated heterocycles. The monoisotopic (exact) mass is 269 g/mol. The molecule has 5 heteroatoms. The Balaban J connectivity index is 1.74. The molecule has 1 aromatic rings. The van der Waals surface area contributed by atoms with Gasteiger partial charge in [0.15, 0.2) is 0 Å². The Kier molecular flexibility index (Phi) is 2.92. The molecule has 0 aliphatic carbocycles. The van der Waals surface area contributed by atoms with Gasteiger partial charge in [0.05, 0.1) is 6.04 Å². The standard InChI is InChI=1S/C14H14F3NO/c15-14(16,17)19-12-6-3-10(4-7-12)13-8-5-11-2-1-9-18(11)13/h2-4,6-7,13H,1,5,8-9H2. The lowest BCUT2D eigenvalue weighted by Gasteiger charge is -2.24. The summed E-state index contributed by atoms with van der Waals surface area (Å²) in [5, 5.41) is 0. The van der Waals surface area contributed by atoms with Crippen LogP contribution in [0.4, 0.5) is 13.2 Å². The summed E-state index contributed by atoms with van der Waals surface area (Å²) >= 11 is 0. The number of alkyl halides is 3. The largest absolute Gasteiger partial charge is 0.573 e. The van der Waals surface area contributed by atoms with Crippen molar-refractivity contribution >= 4 is 0 Å². The van der Waals surface area contributed by atoms with E-state index in [0.29, 0.717) is 6.04 Å². The summed E-state index contributed by atoms with van der Waals surface area (Å²) in [7, 11) is 0. The summed E-state index contributed by atoms with van der Waals surface area (Å²) in [6.07, 6.45) is 0.790. The number of allylic oxidation sites excluding steroid dienone is 1. The topological polar surface area (TPSA) is 12.5 Å². The van der Waals surface area contributed by atoms with Gasteiger partial charge in [-0.05, 0) is 37.0 Å². The molecule has 102 valence electrons. The molecule has 3 rings (SSSR count). The third-order valence-electron chi connectivity index (χ3n) is 3.67. The van der Waals surface area contributed by atoms with Crippen LogP contribution in [0, 0.1) is 0 Å². The quantitative estimate of drug-likeness (QED) is 0.804. The number of ether oxygens (including phenoxy) is 1. The third kappa shape index (κ3) is 2.55. The molecule has 0 bridgehead atoms. The van der Waals surface area contributed by atoms with E-state index in [-0.39, 0.29) is 5.75 Å². The molecule has 1 unspecified atom stereocenters. The molecular weight excluding hydrogens is 255 g/mol. The molecule has 2 nitrogen and oxygen atoms in total. The van der Waals surface area contributed by atoms with Crippen LogP contribution in [0.2, 0.25) is 0 Å². The first-order chi connectivity index (χ1) is 9.03. The number of hydrogen-bond donors (Lipinski definition) is 0. The van der Waals surface area contributed by atoms with E-state index in [4.69, 9.17) is 0 Å². The molecule has 1 atom stereocenters. The molecule has 19 heavy (non-hydrogen) atoms. The van der Waals surface area contributed by atoms with Gasteiger partial charge in [-0.1, -0.05) is 18.2 Å². The van der Waals surface area contributed by atoms with Crippen molar-refractivity contribution < 1.29 is 17.9 Å². The van der Waals surface area contributed by atoms with Crippen molar-refractivity contribution in [3.05, 3.63) is 41.6 Å². The van der Waals surface area contributed by atoms with E-state index >= 15 is 0 Å². The lowest BCUT2D eigenvalue weighted by molar-refractivity contribution is -0.274. The SMILES string of the molecule is FC(F)(F)Oc1ccc(C2CCC3=CCCN32)cc1. The van der Waals surface area contributed by atoms with Crippen LogP contribution in [0.15, 0.2) is 36.0 Å². The Morgan fingerprint density at radius 3 is 2.58 bits per heavy atom. The predicted octanol–water partition coefficient (Wildman–Crippen LogP) is 4.01. The first kappa shape index (κ1) is 12.4. The van der Waals surface area contributed by atoms with Crippen LogP contribution >= 0.6 is 0 Å². The maximum atomic E-state index is 12.1. The Morgan fingerprint density at radius 1 is 1.16 bits per heavy atom. The van der Waals surface area contributed by atoms with Gasteiger partial charge in [0.1, 0.15) is 5.75 Å². The van der Waals surface area contributed by atoms with E-state index in [1.54, 1.807) is 12.1 Å². The van der Waals surface area contributed by atoms with E-state index in [9.17, 15) is 13.2 Å². The Hall–Kier alpha value is -1.65. The lowest BCUT2D eigenvalue weighted by Crippen LogP contribution is -2.19. The minimum Gasteiger partial charge on any atom is -0.406 e. The molecule has 1 aromatic carbocycles. The molecule has 2 aliphatic rings. The molecule has 1 fully saturated rings. The summed E-state index contributed by atoms with van der Waals surface area (Å²) in [5.41, 5.74) is 2.43. The molecule has 2 aliphatic heterocycles. The zero-order chi connectivity index (χ0) is 13.5. The maximum Gasteiger partial charge on any atom is 0.573 e. The van der Waals surface area contributed by atoms with Gasteiger partial charge in [0.2, 0.25) is 0 Å². The number of halogens is 3. The Labute approximate surface area is 109 Å². The van der Waals surface area contributed by atoms with E-state index in [0.717, 1.165) is 31.4 Å². The van der Waals surface area contributed by atoms with E-state index in [2.05, 4.69) is 15.7 Å². The minimum absolute atomic E-state index is 0.161. The molecule has 0 spiro atoms. The fraction of sp³-hybridized carbons (Fsp3) is 0.429. The highest BCUT2D eigenvalue weighted by molar-refractivity contribution is 5.32. The smallest absolute Gasteiger partial charge is 0.406 e. The summed E-state index contributed by atoms with van der Waals surface area (Å²) < 4.78 is 40.1. The number of hydrogen-bond acceptors (Lipinski definition) is 2. The second-order valence-electron chi connectivity index (χ2n) is 4.85. The van der Waals surface area contributed by atoms with Crippen LogP contribution in [0.1, 0.15) is 30.9 Å². The average Bonchev–Trinajstić information content (AvgIpc) is 2.90. The highest BCUT2D eigenvalue weighted by Crippen LogP contribution is 2.41. The van der Waals surface area contributed by atoms with Crippen LogP contribution < -0.4 is 4.74 Å². The van der Waals surface area contributed by atoms with Gasteiger partial charge in [-0.15, -0.1) is 13.2 Å². The van der Waals surface area contributed by atoms with Crippen LogP contribution in [0.25, 0.3) is 0 Å². The van der Waals surface area contributed by atoms with E-state index in [1.165, 1.54) is 17.8 Å². The van der Waals surface area contributed by atoms with Gasteiger partial charge in [-0.25, -0.2) is 0 Å². The fourth-order valence-electron chi connectivity index (χ4n) is 2.91. The van der Waals surface area contributed by atoms with Crippen LogP contribution in [-0.4, -0.2) is 17.8 Å². The van der Waals surface area contributed by atoms with Gasteiger partial charge in [-0.2, -0.15) is 0 Å². The fourth-order valence-corrected chi connectivity index (χ4v) is 2.91. The zero-order valence-electron chi connectivity index (χ0n) is 10.3. The van der Waals surface area contributed by atoms with Crippen LogP contribution in [0.3, 0.4) is 0 Å². The highest BCUT2D eigenvalue weighted by atomic mass is 19.4. The van der Waals surface area contributed by atoms with Crippen molar-refractivity contribution in [3.8, 4) is 5.75 Å². The van der Waals surface area contributed by atoms with Gasteiger partial charge in [0, 0.05) is 12.2 Å². The van der Waals surface area contributed by atoms with Crippen molar-refractivity contribution in [1.82, 2.24) is 4.90 Å². The first-order valence-electron chi connectivity index (χ1n) is 6.34. The second-order valence-corrected chi connectivity index (χ2v) is 4.85. The van der Waals surface area contributed by atoms with Gasteiger partial charge < -0.3 is 9.64 Å². The number of fused-ring (bicyclic) bond motifs is 1. The molecule has 0 N–H and O–H groups in total. The van der Waals surface area contributed by atoms with Crippen molar-refractivity contribution in [2.24, 2.45) is 0 Å². The summed E-state index contributed by atoms with van der Waals surface area (Å²) in [6, 6.07) is 6.54. The summed E-state index contributed by atoms with van der Waals surface area (Å²) in [4.78, 5) is 2.35.